The number of hydrazine groups is 1. The van der Waals surface area contributed by atoms with E-state index in [-0.39, 0.29) is 6.04 Å². The summed E-state index contributed by atoms with van der Waals surface area (Å²) in [5.74, 6) is 6.14. The highest BCUT2D eigenvalue weighted by molar-refractivity contribution is 5.33. The van der Waals surface area contributed by atoms with Gasteiger partial charge in [0, 0.05) is 19.8 Å². The van der Waals surface area contributed by atoms with Crippen molar-refractivity contribution < 1.29 is 4.74 Å². The Morgan fingerprint density at radius 1 is 1.35 bits per heavy atom. The van der Waals surface area contributed by atoms with Gasteiger partial charge in [0.25, 0.3) is 0 Å². The molecule has 1 rings (SSSR count). The Hall–Kier alpha value is -0.900. The molecule has 2 unspecified atom stereocenters. The van der Waals surface area contributed by atoms with Crippen LogP contribution in [0, 0.1) is 19.8 Å². The molecule has 0 aliphatic rings. The number of ether oxygens (including phenoxy) is 1. The standard InChI is InChI=1S/C14H24N2O/c1-10-5-6-13(12(3)9-10)14(16-15)11(2)7-8-17-4/h5-6,9,11,14,16H,7-8,15H2,1-4H3. The highest BCUT2D eigenvalue weighted by Gasteiger charge is 2.19. The third-order valence-electron chi connectivity index (χ3n) is 3.29. The van der Waals surface area contributed by atoms with Crippen LogP contribution in [-0.2, 0) is 4.74 Å². The summed E-state index contributed by atoms with van der Waals surface area (Å²) < 4.78 is 5.12. The van der Waals surface area contributed by atoms with Gasteiger partial charge in [-0.15, -0.1) is 0 Å². The Morgan fingerprint density at radius 2 is 2.06 bits per heavy atom. The van der Waals surface area contributed by atoms with E-state index in [0.717, 1.165) is 13.0 Å². The van der Waals surface area contributed by atoms with Crippen LogP contribution in [0.5, 0.6) is 0 Å². The van der Waals surface area contributed by atoms with Crippen LogP contribution in [0.15, 0.2) is 18.2 Å². The van der Waals surface area contributed by atoms with Crippen LogP contribution in [0.25, 0.3) is 0 Å². The van der Waals surface area contributed by atoms with Crippen LogP contribution >= 0.6 is 0 Å². The predicted octanol–water partition coefficient (Wildman–Crippen LogP) is 2.48. The zero-order chi connectivity index (χ0) is 12.8. The molecule has 3 N–H and O–H groups in total. The first-order valence-corrected chi connectivity index (χ1v) is 6.12. The van der Waals surface area contributed by atoms with E-state index in [1.54, 1.807) is 7.11 Å². The molecule has 1 aromatic carbocycles. The van der Waals surface area contributed by atoms with Gasteiger partial charge in [-0.3, -0.25) is 11.3 Å². The van der Waals surface area contributed by atoms with Gasteiger partial charge < -0.3 is 4.74 Å². The van der Waals surface area contributed by atoms with E-state index in [4.69, 9.17) is 10.6 Å². The molecule has 0 amide bonds. The molecule has 0 aromatic heterocycles. The summed E-state index contributed by atoms with van der Waals surface area (Å²) in [6.45, 7) is 7.21. The Bertz CT molecular complexity index is 352. The van der Waals surface area contributed by atoms with Gasteiger partial charge in [-0.25, -0.2) is 0 Å². The largest absolute Gasteiger partial charge is 0.385 e. The molecular weight excluding hydrogens is 212 g/mol. The second-order valence-corrected chi connectivity index (χ2v) is 4.76. The SMILES string of the molecule is COCCC(C)C(NN)c1ccc(C)cc1C. The molecule has 0 fully saturated rings. The van der Waals surface area contributed by atoms with Gasteiger partial charge in [0.1, 0.15) is 0 Å². The third kappa shape index (κ3) is 3.80. The highest BCUT2D eigenvalue weighted by atomic mass is 16.5. The minimum absolute atomic E-state index is 0.186. The molecule has 0 heterocycles. The second-order valence-electron chi connectivity index (χ2n) is 4.76. The van der Waals surface area contributed by atoms with Crippen LogP contribution in [0.4, 0.5) is 0 Å². The number of nitrogens with one attached hydrogen (secondary N) is 1. The molecule has 17 heavy (non-hydrogen) atoms. The van der Waals surface area contributed by atoms with Crippen molar-refractivity contribution in [2.75, 3.05) is 13.7 Å². The average molecular weight is 236 g/mol. The van der Waals surface area contributed by atoms with Crippen LogP contribution in [0.2, 0.25) is 0 Å². The Labute approximate surface area is 104 Å². The lowest BCUT2D eigenvalue weighted by Gasteiger charge is -2.25. The van der Waals surface area contributed by atoms with Crippen molar-refractivity contribution in [1.82, 2.24) is 5.43 Å². The maximum atomic E-state index is 5.69. The normalized spacial score (nSPS) is 14.6. The molecule has 1 aromatic rings. The first-order valence-electron chi connectivity index (χ1n) is 6.12. The van der Waals surface area contributed by atoms with Crippen molar-refractivity contribution in [3.63, 3.8) is 0 Å². The van der Waals surface area contributed by atoms with Gasteiger partial charge in [-0.1, -0.05) is 30.7 Å². The van der Waals surface area contributed by atoms with E-state index in [1.165, 1.54) is 16.7 Å². The quantitative estimate of drug-likeness (QED) is 0.589. The molecule has 0 aliphatic heterocycles. The number of aryl methyl sites for hydroxylation is 2. The number of hydrogen-bond acceptors (Lipinski definition) is 3. The summed E-state index contributed by atoms with van der Waals surface area (Å²) in [6, 6.07) is 6.68. The Morgan fingerprint density at radius 3 is 2.59 bits per heavy atom. The minimum Gasteiger partial charge on any atom is -0.385 e. The summed E-state index contributed by atoms with van der Waals surface area (Å²) in [7, 11) is 1.73. The first kappa shape index (κ1) is 14.2. The van der Waals surface area contributed by atoms with Crippen molar-refractivity contribution in [3.8, 4) is 0 Å². The van der Waals surface area contributed by atoms with Gasteiger partial charge in [0.05, 0.1) is 0 Å². The lowest BCUT2D eigenvalue weighted by molar-refractivity contribution is 0.170. The van der Waals surface area contributed by atoms with E-state index in [2.05, 4.69) is 44.4 Å². The maximum Gasteiger partial charge on any atom is 0.0488 e. The molecule has 3 nitrogen and oxygen atoms in total. The van der Waals surface area contributed by atoms with Gasteiger partial charge in [-0.05, 0) is 37.3 Å². The zero-order valence-electron chi connectivity index (χ0n) is 11.3. The lowest BCUT2D eigenvalue weighted by atomic mass is 9.89. The predicted molar refractivity (Wildman–Crippen MR) is 71.6 cm³/mol. The summed E-state index contributed by atoms with van der Waals surface area (Å²) in [6.07, 6.45) is 0.999. The second kappa shape index (κ2) is 6.74. The topological polar surface area (TPSA) is 47.3 Å². The molecule has 0 bridgehead atoms. The third-order valence-corrected chi connectivity index (χ3v) is 3.29. The fraction of sp³-hybridized carbons (Fsp3) is 0.571. The molecular formula is C14H24N2O. The Balaban J connectivity index is 2.85. The summed E-state index contributed by atoms with van der Waals surface area (Å²) >= 11 is 0. The van der Waals surface area contributed by atoms with Crippen molar-refractivity contribution in [2.45, 2.75) is 33.2 Å². The van der Waals surface area contributed by atoms with Crippen molar-refractivity contribution in [2.24, 2.45) is 11.8 Å². The van der Waals surface area contributed by atoms with E-state index < -0.39 is 0 Å². The zero-order valence-corrected chi connectivity index (χ0v) is 11.3. The monoisotopic (exact) mass is 236 g/mol. The van der Waals surface area contributed by atoms with Crippen molar-refractivity contribution >= 4 is 0 Å². The number of hydrogen-bond donors (Lipinski definition) is 2. The van der Waals surface area contributed by atoms with Crippen molar-refractivity contribution in [3.05, 3.63) is 34.9 Å². The lowest BCUT2D eigenvalue weighted by Crippen LogP contribution is -2.33. The molecule has 2 atom stereocenters. The van der Waals surface area contributed by atoms with Crippen LogP contribution in [-0.4, -0.2) is 13.7 Å². The number of rotatable bonds is 6. The van der Waals surface area contributed by atoms with E-state index in [1.807, 2.05) is 0 Å². The number of methoxy groups -OCH3 is 1. The molecule has 0 spiro atoms. The molecule has 0 radical (unpaired) electrons. The first-order chi connectivity index (χ1) is 8.10. The fourth-order valence-corrected chi connectivity index (χ4v) is 2.21. The van der Waals surface area contributed by atoms with Crippen LogP contribution < -0.4 is 11.3 Å². The maximum absolute atomic E-state index is 5.69. The summed E-state index contributed by atoms with van der Waals surface area (Å²) in [4.78, 5) is 0. The summed E-state index contributed by atoms with van der Waals surface area (Å²) in [5, 5.41) is 0. The highest BCUT2D eigenvalue weighted by Crippen LogP contribution is 2.26. The van der Waals surface area contributed by atoms with Gasteiger partial charge in [0.15, 0.2) is 0 Å². The molecule has 0 aliphatic carbocycles. The van der Waals surface area contributed by atoms with Crippen LogP contribution in [0.3, 0.4) is 0 Å². The molecule has 96 valence electrons. The smallest absolute Gasteiger partial charge is 0.0488 e. The van der Waals surface area contributed by atoms with E-state index >= 15 is 0 Å². The van der Waals surface area contributed by atoms with Crippen LogP contribution in [0.1, 0.15) is 36.1 Å². The minimum atomic E-state index is 0.186. The Kier molecular flexibility index (Phi) is 5.62. The van der Waals surface area contributed by atoms with Crippen molar-refractivity contribution in [1.29, 1.82) is 0 Å². The van der Waals surface area contributed by atoms with Gasteiger partial charge in [-0.2, -0.15) is 0 Å². The summed E-state index contributed by atoms with van der Waals surface area (Å²) in [5.41, 5.74) is 6.78. The number of nitrogens with two attached hydrogens (primary N) is 1. The van der Waals surface area contributed by atoms with E-state index in [0.29, 0.717) is 5.92 Å². The average Bonchev–Trinajstić information content (AvgIpc) is 2.30. The molecule has 0 saturated heterocycles. The number of benzene rings is 1. The molecule has 0 saturated carbocycles. The van der Waals surface area contributed by atoms with Gasteiger partial charge >= 0.3 is 0 Å². The van der Waals surface area contributed by atoms with Gasteiger partial charge in [0.2, 0.25) is 0 Å². The molecule has 3 heteroatoms. The van der Waals surface area contributed by atoms with E-state index in [9.17, 15) is 0 Å². The fourth-order valence-electron chi connectivity index (χ4n) is 2.21.